The molecule has 1 amide bonds. The van der Waals surface area contributed by atoms with E-state index >= 15 is 0 Å². The van der Waals surface area contributed by atoms with Gasteiger partial charge in [0.15, 0.2) is 5.78 Å². The molecule has 1 N–H and O–H groups in total. The molecule has 3 aromatic carbocycles. The zero-order chi connectivity index (χ0) is 23.4. The number of hydrogen-bond donors (Lipinski definition) is 1. The molecule has 0 aliphatic rings. The van der Waals surface area contributed by atoms with E-state index in [1.807, 2.05) is 6.92 Å². The number of benzene rings is 3. The van der Waals surface area contributed by atoms with Crippen LogP contribution >= 0.6 is 15.9 Å². The Labute approximate surface area is 191 Å². The quantitative estimate of drug-likeness (QED) is 0.282. The van der Waals surface area contributed by atoms with Crippen LogP contribution in [0, 0.1) is 17.0 Å². The Kier molecular flexibility index (Phi) is 6.79. The van der Waals surface area contributed by atoms with Gasteiger partial charge in [0.05, 0.1) is 17.0 Å². The first-order valence-electron chi connectivity index (χ1n) is 9.37. The summed E-state index contributed by atoms with van der Waals surface area (Å²) >= 11 is 3.30. The lowest BCUT2D eigenvalue weighted by molar-refractivity contribution is -0.385. The maximum absolute atomic E-state index is 13.4. The van der Waals surface area contributed by atoms with Crippen LogP contribution in [0.3, 0.4) is 0 Å². The predicted octanol–water partition coefficient (Wildman–Crippen LogP) is 4.89. The van der Waals surface area contributed by atoms with Gasteiger partial charge in [0.25, 0.3) is 11.6 Å². The summed E-state index contributed by atoms with van der Waals surface area (Å²) < 4.78 is 0.781. The van der Waals surface area contributed by atoms with Crippen molar-refractivity contribution in [3.8, 4) is 0 Å². The molecule has 9 heteroatoms. The van der Waals surface area contributed by atoms with E-state index in [1.165, 1.54) is 12.1 Å². The van der Waals surface area contributed by atoms with Crippen molar-refractivity contribution in [1.82, 2.24) is 0 Å². The monoisotopic (exact) mass is 496 g/mol. The number of carboxylic acids is 1. The molecule has 0 aliphatic carbocycles. The average Bonchev–Trinajstić information content (AvgIpc) is 2.77. The highest BCUT2D eigenvalue weighted by atomic mass is 79.9. The lowest BCUT2D eigenvalue weighted by atomic mass is 10.0. The van der Waals surface area contributed by atoms with Crippen LogP contribution < -0.4 is 4.90 Å². The topological polar surface area (TPSA) is 118 Å². The highest BCUT2D eigenvalue weighted by Crippen LogP contribution is 2.26. The van der Waals surface area contributed by atoms with Crippen LogP contribution in [0.2, 0.25) is 0 Å². The van der Waals surface area contributed by atoms with E-state index in [0.29, 0.717) is 11.3 Å². The van der Waals surface area contributed by atoms with Crippen LogP contribution in [0.25, 0.3) is 0 Å². The minimum absolute atomic E-state index is 0.355. The SMILES string of the molecule is Cc1ccc(N(CC(=O)c2ccc(Br)cc2)C(=O)c2cccc([N+](=O)[O-])c2C(=O)O)cc1. The second-order valence-electron chi connectivity index (χ2n) is 6.92. The summed E-state index contributed by atoms with van der Waals surface area (Å²) in [4.78, 5) is 49.7. The molecule has 0 fully saturated rings. The Morgan fingerprint density at radius 1 is 1.00 bits per heavy atom. The number of Topliss-reactive ketones (excluding diaryl/α,β-unsaturated/α-hetero) is 1. The van der Waals surface area contributed by atoms with Crippen molar-refractivity contribution in [3.63, 3.8) is 0 Å². The van der Waals surface area contributed by atoms with Crippen molar-refractivity contribution in [2.24, 2.45) is 0 Å². The highest BCUT2D eigenvalue weighted by Gasteiger charge is 2.31. The summed E-state index contributed by atoms with van der Waals surface area (Å²) in [6.07, 6.45) is 0. The van der Waals surface area contributed by atoms with Gasteiger partial charge in [0, 0.05) is 21.8 Å². The summed E-state index contributed by atoms with van der Waals surface area (Å²) in [6.45, 7) is 1.47. The second-order valence-corrected chi connectivity index (χ2v) is 7.83. The lowest BCUT2D eigenvalue weighted by Crippen LogP contribution is -2.36. The molecule has 0 aromatic heterocycles. The van der Waals surface area contributed by atoms with E-state index in [-0.39, 0.29) is 17.9 Å². The van der Waals surface area contributed by atoms with Gasteiger partial charge in [0.1, 0.15) is 5.56 Å². The lowest BCUT2D eigenvalue weighted by Gasteiger charge is -2.23. The van der Waals surface area contributed by atoms with E-state index in [1.54, 1.807) is 48.5 Å². The van der Waals surface area contributed by atoms with Gasteiger partial charge in [-0.25, -0.2) is 4.79 Å². The number of carbonyl (C=O) groups excluding carboxylic acids is 2. The molecule has 162 valence electrons. The van der Waals surface area contributed by atoms with Crippen molar-refractivity contribution in [3.05, 3.63) is 104 Å². The third-order valence-corrected chi connectivity index (χ3v) is 5.27. The average molecular weight is 497 g/mol. The first-order valence-corrected chi connectivity index (χ1v) is 10.2. The van der Waals surface area contributed by atoms with Crippen molar-refractivity contribution in [2.45, 2.75) is 6.92 Å². The van der Waals surface area contributed by atoms with Crippen molar-refractivity contribution in [1.29, 1.82) is 0 Å². The summed E-state index contributed by atoms with van der Waals surface area (Å²) in [5, 5.41) is 20.9. The molecule has 0 saturated heterocycles. The highest BCUT2D eigenvalue weighted by molar-refractivity contribution is 9.10. The molecule has 0 heterocycles. The maximum atomic E-state index is 13.4. The number of carbonyl (C=O) groups is 3. The van der Waals surface area contributed by atoms with Crippen molar-refractivity contribution < 1.29 is 24.4 Å². The summed E-state index contributed by atoms with van der Waals surface area (Å²) in [5.41, 5.74) is -0.176. The number of amides is 1. The molecule has 32 heavy (non-hydrogen) atoms. The molecule has 0 bridgehead atoms. The Balaban J connectivity index is 2.09. The Morgan fingerprint density at radius 2 is 1.62 bits per heavy atom. The van der Waals surface area contributed by atoms with Crippen LogP contribution in [0.1, 0.15) is 36.6 Å². The van der Waals surface area contributed by atoms with E-state index < -0.39 is 28.1 Å². The largest absolute Gasteiger partial charge is 0.477 e. The third kappa shape index (κ3) is 4.89. The number of nitrogens with zero attached hydrogens (tertiary/aromatic N) is 2. The number of hydrogen-bond acceptors (Lipinski definition) is 5. The molecule has 3 rings (SSSR count). The van der Waals surface area contributed by atoms with Gasteiger partial charge in [-0.3, -0.25) is 19.7 Å². The van der Waals surface area contributed by atoms with E-state index in [2.05, 4.69) is 15.9 Å². The molecule has 8 nitrogen and oxygen atoms in total. The van der Waals surface area contributed by atoms with Gasteiger partial charge in [-0.05, 0) is 37.3 Å². The number of nitro groups is 1. The van der Waals surface area contributed by atoms with Gasteiger partial charge >= 0.3 is 5.97 Å². The van der Waals surface area contributed by atoms with Gasteiger partial charge in [0.2, 0.25) is 0 Å². The van der Waals surface area contributed by atoms with Gasteiger partial charge in [-0.15, -0.1) is 0 Å². The number of aryl methyl sites for hydroxylation is 1. The molecule has 0 atom stereocenters. The maximum Gasteiger partial charge on any atom is 0.343 e. The zero-order valence-corrected chi connectivity index (χ0v) is 18.4. The van der Waals surface area contributed by atoms with Crippen molar-refractivity contribution >= 4 is 45.0 Å². The number of halogens is 1. The molecule has 0 radical (unpaired) electrons. The number of nitro benzene ring substituents is 1. The molecule has 0 saturated carbocycles. The van der Waals surface area contributed by atoms with E-state index in [4.69, 9.17) is 0 Å². The standard InChI is InChI=1S/C23H17BrN2O6/c1-14-5-11-17(12-6-14)25(13-20(27)15-7-9-16(24)10-8-15)22(28)18-3-2-4-19(26(31)32)21(18)23(29)30/h2-12H,13H2,1H3,(H,29,30). The normalized spacial score (nSPS) is 10.4. The minimum atomic E-state index is -1.61. The third-order valence-electron chi connectivity index (χ3n) is 4.74. The van der Waals surface area contributed by atoms with Crippen LogP contribution in [-0.2, 0) is 0 Å². The van der Waals surface area contributed by atoms with Crippen LogP contribution in [0.15, 0.2) is 71.2 Å². The zero-order valence-electron chi connectivity index (χ0n) is 16.8. The fraction of sp³-hybridized carbons (Fsp3) is 0.0870. The van der Waals surface area contributed by atoms with Crippen LogP contribution in [0.4, 0.5) is 11.4 Å². The number of anilines is 1. The fourth-order valence-electron chi connectivity index (χ4n) is 3.12. The molecular weight excluding hydrogens is 480 g/mol. The summed E-state index contributed by atoms with van der Waals surface area (Å²) in [5.74, 6) is -2.82. The van der Waals surface area contributed by atoms with Crippen molar-refractivity contribution in [2.75, 3.05) is 11.4 Å². The summed E-state index contributed by atoms with van der Waals surface area (Å²) in [7, 11) is 0. The number of ketones is 1. The minimum Gasteiger partial charge on any atom is -0.477 e. The van der Waals surface area contributed by atoms with E-state index in [9.17, 15) is 29.6 Å². The fourth-order valence-corrected chi connectivity index (χ4v) is 3.38. The molecule has 3 aromatic rings. The Bertz CT molecular complexity index is 1210. The van der Waals surface area contributed by atoms with Crippen LogP contribution in [0.5, 0.6) is 0 Å². The predicted molar refractivity (Wildman–Crippen MR) is 121 cm³/mol. The molecule has 0 spiro atoms. The first-order chi connectivity index (χ1) is 15.2. The summed E-state index contributed by atoms with van der Waals surface area (Å²) in [6, 6.07) is 16.8. The van der Waals surface area contributed by atoms with Crippen LogP contribution in [-0.4, -0.2) is 34.2 Å². The van der Waals surface area contributed by atoms with Gasteiger partial charge < -0.3 is 10.0 Å². The Morgan fingerprint density at radius 3 is 2.19 bits per heavy atom. The molecule has 0 aliphatic heterocycles. The Hall–Kier alpha value is -3.85. The van der Waals surface area contributed by atoms with Gasteiger partial charge in [-0.1, -0.05) is 51.8 Å². The number of carboxylic acid groups (broad SMARTS) is 1. The van der Waals surface area contributed by atoms with E-state index in [0.717, 1.165) is 21.0 Å². The molecular formula is C23H17BrN2O6. The van der Waals surface area contributed by atoms with Gasteiger partial charge in [-0.2, -0.15) is 0 Å². The number of rotatable bonds is 7. The first kappa shape index (κ1) is 22.8. The smallest absolute Gasteiger partial charge is 0.343 e. The second kappa shape index (κ2) is 9.52. The number of aromatic carboxylic acids is 1. The molecule has 0 unspecified atom stereocenters.